The summed E-state index contributed by atoms with van der Waals surface area (Å²) in [7, 11) is -3.06. The van der Waals surface area contributed by atoms with Crippen LogP contribution in [-0.4, -0.2) is 66.7 Å². The van der Waals surface area contributed by atoms with E-state index in [1.165, 1.54) is 0 Å². The van der Waals surface area contributed by atoms with Gasteiger partial charge in [0.1, 0.15) is 0 Å². The van der Waals surface area contributed by atoms with Crippen molar-refractivity contribution < 1.29 is 13.5 Å². The zero-order valence-corrected chi connectivity index (χ0v) is 17.5. The predicted molar refractivity (Wildman–Crippen MR) is 104 cm³/mol. The van der Waals surface area contributed by atoms with E-state index < -0.39 is 20.2 Å². The average Bonchev–Trinajstić information content (AvgIpc) is 2.85. The molecule has 23 heavy (non-hydrogen) atoms. The van der Waals surface area contributed by atoms with Crippen LogP contribution in [0.1, 0.15) is 46.5 Å². The van der Waals surface area contributed by atoms with Crippen LogP contribution in [0.3, 0.4) is 0 Å². The van der Waals surface area contributed by atoms with Crippen LogP contribution in [0.25, 0.3) is 0 Å². The van der Waals surface area contributed by atoms with E-state index in [4.69, 9.17) is 0 Å². The summed E-state index contributed by atoms with van der Waals surface area (Å²) in [5.74, 6) is 0.861. The van der Waals surface area contributed by atoms with Crippen LogP contribution in [0.4, 0.5) is 0 Å². The number of guanidine groups is 1. The van der Waals surface area contributed by atoms with Gasteiger partial charge >= 0.3 is 0 Å². The lowest BCUT2D eigenvalue weighted by Gasteiger charge is -2.39. The quantitative estimate of drug-likeness (QED) is 0.379. The lowest BCUT2D eigenvalue weighted by molar-refractivity contribution is 0.0571. The van der Waals surface area contributed by atoms with Crippen LogP contribution in [0, 0.1) is 0 Å². The molecule has 2 aliphatic rings. The molecule has 1 heterocycles. The Kier molecular flexibility index (Phi) is 7.16. The lowest BCUT2D eigenvalue weighted by atomic mass is 10.0. The van der Waals surface area contributed by atoms with Crippen molar-refractivity contribution in [2.75, 3.05) is 31.9 Å². The number of nitrogens with zero attached hydrogens (tertiary/aromatic N) is 2. The summed E-state index contributed by atoms with van der Waals surface area (Å²) in [6.07, 6.45) is 3.71. The van der Waals surface area contributed by atoms with Gasteiger partial charge in [-0.05, 0) is 33.6 Å². The maximum Gasteiger partial charge on any atom is 0.194 e. The summed E-state index contributed by atoms with van der Waals surface area (Å²) >= 11 is 0. The van der Waals surface area contributed by atoms with Crippen molar-refractivity contribution in [3.8, 4) is 0 Å². The van der Waals surface area contributed by atoms with E-state index in [1.807, 2.05) is 11.8 Å². The van der Waals surface area contributed by atoms with E-state index in [1.54, 1.807) is 13.8 Å². The number of aliphatic hydroxyl groups is 1. The third kappa shape index (κ3) is 4.94. The lowest BCUT2D eigenvalue weighted by Crippen LogP contribution is -2.57. The molecule has 0 aromatic rings. The highest BCUT2D eigenvalue weighted by Crippen LogP contribution is 2.30. The predicted octanol–water partition coefficient (Wildman–Crippen LogP) is 1.38. The molecular formula is C15H30IN3O3S. The van der Waals surface area contributed by atoms with Crippen molar-refractivity contribution in [3.63, 3.8) is 0 Å². The van der Waals surface area contributed by atoms with Crippen molar-refractivity contribution >= 4 is 39.8 Å². The van der Waals surface area contributed by atoms with Gasteiger partial charge in [-0.25, -0.2) is 8.42 Å². The molecule has 0 amide bonds. The third-order valence-electron chi connectivity index (χ3n) is 4.74. The molecule has 0 unspecified atom stereocenters. The number of hydrogen-bond donors (Lipinski definition) is 2. The van der Waals surface area contributed by atoms with Gasteiger partial charge < -0.3 is 15.3 Å². The smallest absolute Gasteiger partial charge is 0.194 e. The highest BCUT2D eigenvalue weighted by molar-refractivity contribution is 14.0. The molecule has 8 heteroatoms. The van der Waals surface area contributed by atoms with Gasteiger partial charge in [0.2, 0.25) is 0 Å². The zero-order chi connectivity index (χ0) is 16.4. The van der Waals surface area contributed by atoms with E-state index in [2.05, 4.69) is 10.3 Å². The third-order valence-corrected chi connectivity index (χ3v) is 7.27. The molecule has 1 aliphatic carbocycles. The first-order valence-electron chi connectivity index (χ1n) is 8.17. The van der Waals surface area contributed by atoms with Crippen molar-refractivity contribution in [2.45, 2.75) is 56.8 Å². The Bertz CT molecular complexity index is 528. The molecule has 1 aliphatic heterocycles. The summed E-state index contributed by atoms with van der Waals surface area (Å²) in [5, 5.41) is 13.7. The van der Waals surface area contributed by atoms with E-state index in [9.17, 15) is 13.5 Å². The minimum absolute atomic E-state index is 0. The zero-order valence-electron chi connectivity index (χ0n) is 14.3. The maximum absolute atomic E-state index is 12.1. The molecule has 2 rings (SSSR count). The van der Waals surface area contributed by atoms with E-state index in [0.29, 0.717) is 25.6 Å². The minimum atomic E-state index is -3.06. The molecule has 2 fully saturated rings. The summed E-state index contributed by atoms with van der Waals surface area (Å²) in [5.41, 5.74) is -0.682. The molecule has 0 aromatic carbocycles. The van der Waals surface area contributed by atoms with Crippen LogP contribution in [-0.2, 0) is 9.84 Å². The van der Waals surface area contributed by atoms with Crippen molar-refractivity contribution in [2.24, 2.45) is 4.99 Å². The Morgan fingerprint density at radius 3 is 2.43 bits per heavy atom. The number of sulfone groups is 1. The molecule has 0 radical (unpaired) electrons. The van der Waals surface area contributed by atoms with E-state index >= 15 is 0 Å². The maximum atomic E-state index is 12.1. The molecule has 136 valence electrons. The van der Waals surface area contributed by atoms with Gasteiger partial charge in [-0.15, -0.1) is 24.0 Å². The number of hydrogen-bond acceptors (Lipinski definition) is 4. The first kappa shape index (κ1) is 21.0. The normalized spacial score (nSPS) is 25.7. The summed E-state index contributed by atoms with van der Waals surface area (Å²) in [6, 6.07) is 0. The number of aliphatic imine (C=N–C) groups is 1. The second-order valence-corrected chi connectivity index (χ2v) is 9.84. The fourth-order valence-corrected chi connectivity index (χ4v) is 4.53. The summed E-state index contributed by atoms with van der Waals surface area (Å²) < 4.78 is 23.5. The van der Waals surface area contributed by atoms with Crippen LogP contribution >= 0.6 is 24.0 Å². The van der Waals surface area contributed by atoms with Gasteiger partial charge in [0.15, 0.2) is 15.8 Å². The van der Waals surface area contributed by atoms with Gasteiger partial charge in [0.05, 0.1) is 22.6 Å². The van der Waals surface area contributed by atoms with Crippen molar-refractivity contribution in [1.29, 1.82) is 0 Å². The van der Waals surface area contributed by atoms with Crippen molar-refractivity contribution in [1.82, 2.24) is 10.2 Å². The Labute approximate surface area is 157 Å². The average molecular weight is 459 g/mol. The van der Waals surface area contributed by atoms with Crippen LogP contribution in [0.2, 0.25) is 0 Å². The Hall–Kier alpha value is -0.0900. The van der Waals surface area contributed by atoms with Gasteiger partial charge in [0.25, 0.3) is 0 Å². The Morgan fingerprint density at radius 1 is 1.30 bits per heavy atom. The SMILES string of the molecule is CCNC(=NCC1(O)CCCC1)N1CCS(=O)(=O)C(C)(C)C1.I. The Morgan fingerprint density at radius 2 is 1.91 bits per heavy atom. The molecule has 1 saturated carbocycles. The Balaban J connectivity index is 0.00000264. The van der Waals surface area contributed by atoms with E-state index in [-0.39, 0.29) is 29.7 Å². The first-order chi connectivity index (χ1) is 10.2. The first-order valence-corrected chi connectivity index (χ1v) is 9.82. The van der Waals surface area contributed by atoms with Gasteiger partial charge in [-0.3, -0.25) is 4.99 Å². The van der Waals surface area contributed by atoms with Crippen LogP contribution in [0.15, 0.2) is 4.99 Å². The molecule has 0 atom stereocenters. The summed E-state index contributed by atoms with van der Waals surface area (Å²) in [6.45, 7) is 7.52. The molecule has 2 N–H and O–H groups in total. The highest BCUT2D eigenvalue weighted by Gasteiger charge is 2.41. The van der Waals surface area contributed by atoms with Crippen molar-refractivity contribution in [3.05, 3.63) is 0 Å². The minimum Gasteiger partial charge on any atom is -0.388 e. The molecule has 0 spiro atoms. The number of nitrogens with one attached hydrogen (secondary N) is 1. The summed E-state index contributed by atoms with van der Waals surface area (Å²) in [4.78, 5) is 6.59. The molecule has 0 bridgehead atoms. The van der Waals surface area contributed by atoms with Gasteiger partial charge in [0, 0.05) is 19.6 Å². The van der Waals surface area contributed by atoms with E-state index in [0.717, 1.165) is 32.2 Å². The molecule has 1 saturated heterocycles. The fourth-order valence-electron chi connectivity index (χ4n) is 3.16. The van der Waals surface area contributed by atoms with Crippen LogP contribution < -0.4 is 5.32 Å². The van der Waals surface area contributed by atoms with Crippen LogP contribution in [0.5, 0.6) is 0 Å². The second kappa shape index (κ2) is 7.86. The number of rotatable bonds is 3. The molecule has 0 aromatic heterocycles. The largest absolute Gasteiger partial charge is 0.388 e. The van der Waals surface area contributed by atoms with Gasteiger partial charge in [-0.1, -0.05) is 12.8 Å². The molecular weight excluding hydrogens is 429 g/mol. The second-order valence-electron chi connectivity index (χ2n) is 7.10. The highest BCUT2D eigenvalue weighted by atomic mass is 127. The molecule has 6 nitrogen and oxygen atoms in total. The van der Waals surface area contributed by atoms with Gasteiger partial charge in [-0.2, -0.15) is 0 Å². The topological polar surface area (TPSA) is 82.0 Å². The fraction of sp³-hybridized carbons (Fsp3) is 0.933. The standard InChI is InChI=1S/C15H29N3O3S.HI/c1-4-16-13(17-11-15(19)7-5-6-8-15)18-9-10-22(20,21)14(2,3)12-18;/h19H,4-12H2,1-3H3,(H,16,17);1H. The monoisotopic (exact) mass is 459 g/mol. The number of halogens is 1.